The van der Waals surface area contributed by atoms with Crippen molar-refractivity contribution >= 4 is 16.9 Å². The predicted molar refractivity (Wildman–Crippen MR) is 92.0 cm³/mol. The van der Waals surface area contributed by atoms with Crippen LogP contribution in [0.25, 0.3) is 11.0 Å². The Morgan fingerprint density at radius 3 is 2.71 bits per heavy atom. The van der Waals surface area contributed by atoms with E-state index in [0.717, 1.165) is 16.6 Å². The molecule has 0 spiro atoms. The SMILES string of the molecule is CN(Cc1ccc(C#N)cc1)C(=O)CCn1cnc2ccccc21. The Kier molecular flexibility index (Phi) is 4.57. The molecule has 0 saturated carbocycles. The molecule has 0 aliphatic heterocycles. The van der Waals surface area contributed by atoms with E-state index in [1.165, 1.54) is 0 Å². The van der Waals surface area contributed by atoms with E-state index in [0.29, 0.717) is 25.1 Å². The number of amides is 1. The van der Waals surface area contributed by atoms with Crippen LogP contribution >= 0.6 is 0 Å². The minimum atomic E-state index is 0.0807. The topological polar surface area (TPSA) is 61.9 Å². The first-order valence-corrected chi connectivity index (χ1v) is 7.80. The van der Waals surface area contributed by atoms with Crippen molar-refractivity contribution in [2.24, 2.45) is 0 Å². The maximum Gasteiger partial charge on any atom is 0.224 e. The summed E-state index contributed by atoms with van der Waals surface area (Å²) in [5.41, 5.74) is 3.62. The molecule has 5 heteroatoms. The van der Waals surface area contributed by atoms with Gasteiger partial charge < -0.3 is 9.47 Å². The molecule has 1 heterocycles. The number of carbonyl (C=O) groups excluding carboxylic acids is 1. The van der Waals surface area contributed by atoms with Crippen LogP contribution in [0.2, 0.25) is 0 Å². The summed E-state index contributed by atoms with van der Waals surface area (Å²) in [5.74, 6) is 0.0807. The third-order valence-corrected chi connectivity index (χ3v) is 4.02. The van der Waals surface area contributed by atoms with E-state index in [4.69, 9.17) is 5.26 Å². The average molecular weight is 318 g/mol. The van der Waals surface area contributed by atoms with Crippen LogP contribution in [0, 0.1) is 11.3 Å². The fourth-order valence-corrected chi connectivity index (χ4v) is 2.64. The van der Waals surface area contributed by atoms with Crippen molar-refractivity contribution in [3.63, 3.8) is 0 Å². The largest absolute Gasteiger partial charge is 0.341 e. The maximum absolute atomic E-state index is 12.3. The minimum absolute atomic E-state index is 0.0807. The summed E-state index contributed by atoms with van der Waals surface area (Å²) in [6.45, 7) is 1.15. The summed E-state index contributed by atoms with van der Waals surface area (Å²) in [6.07, 6.45) is 2.20. The van der Waals surface area contributed by atoms with Gasteiger partial charge >= 0.3 is 0 Å². The van der Waals surface area contributed by atoms with E-state index >= 15 is 0 Å². The molecule has 0 bridgehead atoms. The Labute approximate surface area is 140 Å². The van der Waals surface area contributed by atoms with Gasteiger partial charge in [0.15, 0.2) is 0 Å². The standard InChI is InChI=1S/C19H18N4O/c1-22(13-16-8-6-15(12-20)7-9-16)19(24)10-11-23-14-21-17-4-2-3-5-18(17)23/h2-9,14H,10-11,13H2,1H3. The van der Waals surface area contributed by atoms with Crippen molar-refractivity contribution < 1.29 is 4.79 Å². The second-order valence-corrected chi connectivity index (χ2v) is 5.74. The molecule has 1 aromatic heterocycles. The van der Waals surface area contributed by atoms with Gasteiger partial charge in [-0.05, 0) is 29.8 Å². The van der Waals surface area contributed by atoms with Crippen LogP contribution < -0.4 is 0 Å². The zero-order chi connectivity index (χ0) is 16.9. The quantitative estimate of drug-likeness (QED) is 0.726. The molecule has 0 aliphatic rings. The van der Waals surface area contributed by atoms with Gasteiger partial charge in [-0.2, -0.15) is 5.26 Å². The van der Waals surface area contributed by atoms with Crippen molar-refractivity contribution in [2.45, 2.75) is 19.5 Å². The minimum Gasteiger partial charge on any atom is -0.341 e. The molecule has 0 radical (unpaired) electrons. The third kappa shape index (κ3) is 3.44. The fraction of sp³-hybridized carbons (Fsp3) is 0.211. The highest BCUT2D eigenvalue weighted by molar-refractivity contribution is 5.77. The Balaban J connectivity index is 1.59. The van der Waals surface area contributed by atoms with Gasteiger partial charge in [0.05, 0.1) is 29.0 Å². The molecule has 3 aromatic rings. The Morgan fingerprint density at radius 1 is 1.21 bits per heavy atom. The first kappa shape index (κ1) is 15.8. The summed E-state index contributed by atoms with van der Waals surface area (Å²) in [7, 11) is 1.80. The number of aryl methyl sites for hydroxylation is 1. The zero-order valence-electron chi connectivity index (χ0n) is 13.5. The van der Waals surface area contributed by atoms with Gasteiger partial charge in [-0.1, -0.05) is 24.3 Å². The van der Waals surface area contributed by atoms with Crippen LogP contribution in [0.1, 0.15) is 17.5 Å². The molecule has 0 saturated heterocycles. The van der Waals surface area contributed by atoms with Crippen molar-refractivity contribution in [3.8, 4) is 6.07 Å². The van der Waals surface area contributed by atoms with Crippen molar-refractivity contribution in [1.29, 1.82) is 5.26 Å². The number of para-hydroxylation sites is 2. The van der Waals surface area contributed by atoms with E-state index < -0.39 is 0 Å². The molecule has 2 aromatic carbocycles. The van der Waals surface area contributed by atoms with Crippen molar-refractivity contribution in [3.05, 3.63) is 66.0 Å². The van der Waals surface area contributed by atoms with E-state index in [9.17, 15) is 4.79 Å². The lowest BCUT2D eigenvalue weighted by Gasteiger charge is -2.17. The molecule has 0 N–H and O–H groups in total. The summed E-state index contributed by atoms with van der Waals surface area (Å²) in [4.78, 5) is 18.4. The molecule has 1 amide bonds. The molecule has 3 rings (SSSR count). The summed E-state index contributed by atoms with van der Waals surface area (Å²) >= 11 is 0. The highest BCUT2D eigenvalue weighted by Crippen LogP contribution is 2.13. The number of nitriles is 1. The predicted octanol–water partition coefficient (Wildman–Crippen LogP) is 2.96. The first-order valence-electron chi connectivity index (χ1n) is 7.80. The number of carbonyl (C=O) groups is 1. The lowest BCUT2D eigenvalue weighted by atomic mass is 10.1. The van der Waals surface area contributed by atoms with Gasteiger partial charge in [0.1, 0.15) is 0 Å². The first-order chi connectivity index (χ1) is 11.7. The van der Waals surface area contributed by atoms with Gasteiger partial charge in [0, 0.05) is 26.6 Å². The molecule has 0 unspecified atom stereocenters. The smallest absolute Gasteiger partial charge is 0.224 e. The normalized spacial score (nSPS) is 10.5. The number of fused-ring (bicyclic) bond motifs is 1. The van der Waals surface area contributed by atoms with Crippen molar-refractivity contribution in [2.75, 3.05) is 7.05 Å². The lowest BCUT2D eigenvalue weighted by Crippen LogP contribution is -2.27. The maximum atomic E-state index is 12.3. The highest BCUT2D eigenvalue weighted by atomic mass is 16.2. The molecule has 5 nitrogen and oxygen atoms in total. The van der Waals surface area contributed by atoms with Gasteiger partial charge in [-0.15, -0.1) is 0 Å². The second kappa shape index (κ2) is 6.97. The third-order valence-electron chi connectivity index (χ3n) is 4.02. The van der Waals surface area contributed by atoms with Gasteiger partial charge in [-0.25, -0.2) is 4.98 Å². The molecule has 0 atom stereocenters. The van der Waals surface area contributed by atoms with Crippen LogP contribution in [-0.4, -0.2) is 27.4 Å². The number of aromatic nitrogens is 2. The Hall–Kier alpha value is -3.13. The van der Waals surface area contributed by atoms with Gasteiger partial charge in [-0.3, -0.25) is 4.79 Å². The number of nitrogens with zero attached hydrogens (tertiary/aromatic N) is 4. The number of imidazole rings is 1. The fourth-order valence-electron chi connectivity index (χ4n) is 2.64. The van der Waals surface area contributed by atoms with Crippen LogP contribution in [0.15, 0.2) is 54.9 Å². The second-order valence-electron chi connectivity index (χ2n) is 5.74. The molecular weight excluding hydrogens is 300 g/mol. The molecule has 120 valence electrons. The summed E-state index contributed by atoms with van der Waals surface area (Å²) in [6, 6.07) is 17.3. The van der Waals surface area contributed by atoms with Gasteiger partial charge in [0.25, 0.3) is 0 Å². The van der Waals surface area contributed by atoms with Crippen LogP contribution in [0.4, 0.5) is 0 Å². The number of rotatable bonds is 5. The van der Waals surface area contributed by atoms with Gasteiger partial charge in [0.2, 0.25) is 5.91 Å². The zero-order valence-corrected chi connectivity index (χ0v) is 13.5. The highest BCUT2D eigenvalue weighted by Gasteiger charge is 2.10. The van der Waals surface area contributed by atoms with Crippen LogP contribution in [0.3, 0.4) is 0 Å². The van der Waals surface area contributed by atoms with Crippen LogP contribution in [-0.2, 0) is 17.9 Å². The number of hydrogen-bond donors (Lipinski definition) is 0. The molecule has 0 fully saturated rings. The summed E-state index contributed by atoms with van der Waals surface area (Å²) in [5, 5.41) is 8.81. The molecule has 0 aliphatic carbocycles. The number of hydrogen-bond acceptors (Lipinski definition) is 3. The van der Waals surface area contributed by atoms with Crippen molar-refractivity contribution in [1.82, 2.24) is 14.5 Å². The van der Waals surface area contributed by atoms with E-state index in [2.05, 4.69) is 11.1 Å². The Morgan fingerprint density at radius 2 is 1.96 bits per heavy atom. The van der Waals surface area contributed by atoms with Crippen LogP contribution in [0.5, 0.6) is 0 Å². The monoisotopic (exact) mass is 318 g/mol. The molecular formula is C19H18N4O. The lowest BCUT2D eigenvalue weighted by molar-refractivity contribution is -0.130. The van der Waals surface area contributed by atoms with E-state index in [-0.39, 0.29) is 5.91 Å². The Bertz CT molecular complexity index is 890. The summed E-state index contributed by atoms with van der Waals surface area (Å²) < 4.78 is 2.00. The average Bonchev–Trinajstić information content (AvgIpc) is 3.03. The number of benzene rings is 2. The molecule has 24 heavy (non-hydrogen) atoms. The van der Waals surface area contributed by atoms with E-state index in [1.807, 2.05) is 41.0 Å². The van der Waals surface area contributed by atoms with E-state index in [1.54, 1.807) is 30.4 Å².